The van der Waals surface area contributed by atoms with E-state index >= 15 is 0 Å². The minimum Gasteiger partial charge on any atom is -0.493 e. The Hall–Kier alpha value is -2.72. The average Bonchev–Trinajstić information content (AvgIpc) is 2.76. The first-order valence-corrected chi connectivity index (χ1v) is 11.5. The van der Waals surface area contributed by atoms with Gasteiger partial charge >= 0.3 is 0 Å². The van der Waals surface area contributed by atoms with Crippen molar-refractivity contribution in [1.82, 2.24) is 4.90 Å². The minimum absolute atomic E-state index is 0.0682. The number of hydrogen-bond acceptors (Lipinski definition) is 4. The van der Waals surface area contributed by atoms with Crippen LogP contribution in [0.15, 0.2) is 53.7 Å². The monoisotopic (exact) mass is 449 g/mol. The molecule has 2 aromatic carbocycles. The van der Waals surface area contributed by atoms with Crippen molar-refractivity contribution in [3.8, 4) is 11.5 Å². The molecule has 4 nitrogen and oxygen atoms in total. The zero-order valence-corrected chi connectivity index (χ0v) is 19.8. The number of ketones is 1. The molecule has 32 heavy (non-hydrogen) atoms. The maximum Gasteiger partial charge on any atom is 0.162 e. The largest absolute Gasteiger partial charge is 0.493 e. The highest BCUT2D eigenvalue weighted by molar-refractivity contribution is 6.31. The Morgan fingerprint density at radius 1 is 1.06 bits per heavy atom. The molecule has 5 rings (SSSR count). The van der Waals surface area contributed by atoms with Crippen LogP contribution in [0.1, 0.15) is 49.3 Å². The number of allylic oxidation sites excluding steroid dienone is 3. The summed E-state index contributed by atoms with van der Waals surface area (Å²) in [6, 6.07) is 12.0. The number of methoxy groups -OCH3 is 2. The van der Waals surface area contributed by atoms with Gasteiger partial charge in [-0.3, -0.25) is 4.79 Å². The Balaban J connectivity index is 1.73. The third-order valence-corrected chi connectivity index (χ3v) is 7.22. The fraction of sp³-hybridized carbons (Fsp3) is 0.370. The van der Waals surface area contributed by atoms with Crippen molar-refractivity contribution in [1.29, 1.82) is 0 Å². The van der Waals surface area contributed by atoms with E-state index in [0.717, 1.165) is 53.2 Å². The Bertz CT molecular complexity index is 1180. The lowest BCUT2D eigenvalue weighted by atomic mass is 9.69. The summed E-state index contributed by atoms with van der Waals surface area (Å²) >= 11 is 6.64. The number of hydrogen-bond donors (Lipinski definition) is 0. The van der Waals surface area contributed by atoms with Gasteiger partial charge in [0.25, 0.3) is 0 Å². The Morgan fingerprint density at radius 2 is 1.78 bits per heavy atom. The summed E-state index contributed by atoms with van der Waals surface area (Å²) < 4.78 is 11.2. The molecule has 0 saturated heterocycles. The molecule has 2 heterocycles. The van der Waals surface area contributed by atoms with Gasteiger partial charge in [-0.25, -0.2) is 0 Å². The summed E-state index contributed by atoms with van der Waals surface area (Å²) in [4.78, 5) is 15.8. The van der Waals surface area contributed by atoms with E-state index in [-0.39, 0.29) is 17.1 Å². The standard InChI is InChI=1S/C27H28ClNO3/c1-27(2)14-22-26(23(30)15-27)19(17-7-5-6-8-20(17)28)12-21-18-13-25(32-4)24(31-3)11-16(18)9-10-29(21)22/h5-8,11-13,19H,9-10,14-15H2,1-4H3. The van der Waals surface area contributed by atoms with Crippen molar-refractivity contribution >= 4 is 23.1 Å². The number of ether oxygens (including phenoxy) is 2. The number of nitrogens with zero attached hydrogens (tertiary/aromatic N) is 1. The van der Waals surface area contributed by atoms with E-state index in [2.05, 4.69) is 37.0 Å². The predicted octanol–water partition coefficient (Wildman–Crippen LogP) is 6.00. The summed E-state index contributed by atoms with van der Waals surface area (Å²) in [5.74, 6) is 1.53. The first-order chi connectivity index (χ1) is 15.3. The summed E-state index contributed by atoms with van der Waals surface area (Å²) in [5.41, 5.74) is 6.46. The van der Waals surface area contributed by atoms with Gasteiger partial charge in [-0.2, -0.15) is 0 Å². The fourth-order valence-corrected chi connectivity index (χ4v) is 5.69. The molecule has 0 radical (unpaired) electrons. The molecule has 0 saturated carbocycles. The number of fused-ring (bicyclic) bond motifs is 4. The molecule has 0 spiro atoms. The van der Waals surface area contributed by atoms with Crippen LogP contribution in [0, 0.1) is 5.41 Å². The van der Waals surface area contributed by atoms with E-state index in [1.807, 2.05) is 24.3 Å². The lowest BCUT2D eigenvalue weighted by Gasteiger charge is -2.46. The number of benzene rings is 2. The van der Waals surface area contributed by atoms with Crippen LogP contribution in [-0.2, 0) is 11.2 Å². The predicted molar refractivity (Wildman–Crippen MR) is 127 cm³/mol. The number of carbonyl (C=O) groups excluding carboxylic acids is 1. The molecule has 3 aliphatic rings. The summed E-state index contributed by atoms with van der Waals surface area (Å²) in [6.45, 7) is 5.21. The van der Waals surface area contributed by atoms with Crippen molar-refractivity contribution in [2.75, 3.05) is 20.8 Å². The minimum atomic E-state index is -0.160. The number of halogens is 1. The van der Waals surface area contributed by atoms with E-state index < -0.39 is 0 Å². The second kappa shape index (κ2) is 7.70. The second-order valence-electron chi connectivity index (χ2n) is 9.62. The third-order valence-electron chi connectivity index (χ3n) is 6.88. The van der Waals surface area contributed by atoms with Crippen LogP contribution in [-0.4, -0.2) is 31.4 Å². The van der Waals surface area contributed by atoms with Crippen molar-refractivity contribution in [2.24, 2.45) is 5.41 Å². The maximum atomic E-state index is 13.4. The van der Waals surface area contributed by atoms with Crippen LogP contribution in [0.3, 0.4) is 0 Å². The summed E-state index contributed by atoms with van der Waals surface area (Å²) in [5, 5.41) is 0.690. The van der Waals surface area contributed by atoms with Gasteiger partial charge in [-0.05, 0) is 53.7 Å². The molecule has 0 aromatic heterocycles. The molecule has 0 fully saturated rings. The highest BCUT2D eigenvalue weighted by Gasteiger charge is 2.43. The molecule has 1 aliphatic carbocycles. The van der Waals surface area contributed by atoms with Gasteiger partial charge in [0.2, 0.25) is 0 Å². The summed E-state index contributed by atoms with van der Waals surface area (Å²) in [7, 11) is 3.33. The molecule has 166 valence electrons. The number of Topliss-reactive ketones (excluding diaryl/α,β-unsaturated/α-hetero) is 1. The van der Waals surface area contributed by atoms with E-state index in [0.29, 0.717) is 17.2 Å². The molecule has 0 bridgehead atoms. The van der Waals surface area contributed by atoms with Gasteiger partial charge in [0, 0.05) is 46.4 Å². The van der Waals surface area contributed by atoms with Crippen LogP contribution < -0.4 is 9.47 Å². The molecular weight excluding hydrogens is 422 g/mol. The van der Waals surface area contributed by atoms with Gasteiger partial charge in [0.05, 0.1) is 14.2 Å². The Morgan fingerprint density at radius 3 is 2.50 bits per heavy atom. The molecule has 1 atom stereocenters. The van der Waals surface area contributed by atoms with E-state index in [1.54, 1.807) is 14.2 Å². The van der Waals surface area contributed by atoms with Crippen LogP contribution >= 0.6 is 11.6 Å². The molecular formula is C27H28ClNO3. The van der Waals surface area contributed by atoms with Gasteiger partial charge in [-0.15, -0.1) is 0 Å². The SMILES string of the molecule is COc1cc2c(cc1OC)C1=CC(c3ccccc3Cl)C3=C(CC(C)(C)CC3=O)N1CC2. The number of rotatable bonds is 3. The van der Waals surface area contributed by atoms with Gasteiger partial charge < -0.3 is 14.4 Å². The second-order valence-corrected chi connectivity index (χ2v) is 10.0. The van der Waals surface area contributed by atoms with Crippen molar-refractivity contribution in [2.45, 2.75) is 39.0 Å². The van der Waals surface area contributed by atoms with Gasteiger partial charge in [0.1, 0.15) is 0 Å². The molecule has 2 aromatic rings. The van der Waals surface area contributed by atoms with Crippen molar-refractivity contribution in [3.05, 3.63) is 75.5 Å². The van der Waals surface area contributed by atoms with E-state index in [1.165, 1.54) is 5.56 Å². The lowest BCUT2D eigenvalue weighted by molar-refractivity contribution is -0.118. The Kier molecular flexibility index (Phi) is 5.09. The zero-order valence-electron chi connectivity index (χ0n) is 19.0. The lowest BCUT2D eigenvalue weighted by Crippen LogP contribution is -2.40. The quantitative estimate of drug-likeness (QED) is 0.576. The fourth-order valence-electron chi connectivity index (χ4n) is 5.43. The topological polar surface area (TPSA) is 38.8 Å². The highest BCUT2D eigenvalue weighted by Crippen LogP contribution is 2.51. The highest BCUT2D eigenvalue weighted by atomic mass is 35.5. The molecule has 1 unspecified atom stereocenters. The number of carbonyl (C=O) groups is 1. The van der Waals surface area contributed by atoms with E-state index in [4.69, 9.17) is 21.1 Å². The van der Waals surface area contributed by atoms with Crippen LogP contribution in [0.5, 0.6) is 11.5 Å². The summed E-state index contributed by atoms with van der Waals surface area (Å²) in [6.07, 6.45) is 4.54. The van der Waals surface area contributed by atoms with Crippen molar-refractivity contribution in [3.63, 3.8) is 0 Å². The first kappa shape index (κ1) is 21.1. The van der Waals surface area contributed by atoms with Gasteiger partial charge in [-0.1, -0.05) is 43.6 Å². The average molecular weight is 450 g/mol. The van der Waals surface area contributed by atoms with Crippen molar-refractivity contribution < 1.29 is 14.3 Å². The van der Waals surface area contributed by atoms with Crippen LogP contribution in [0.4, 0.5) is 0 Å². The van der Waals surface area contributed by atoms with E-state index in [9.17, 15) is 4.79 Å². The normalized spacial score (nSPS) is 21.4. The van der Waals surface area contributed by atoms with Crippen LogP contribution in [0.2, 0.25) is 5.02 Å². The molecule has 0 amide bonds. The molecule has 5 heteroatoms. The third kappa shape index (κ3) is 3.32. The smallest absolute Gasteiger partial charge is 0.162 e. The molecule has 2 aliphatic heterocycles. The van der Waals surface area contributed by atoms with Crippen LogP contribution in [0.25, 0.3) is 5.70 Å². The Labute approximate surface area is 194 Å². The van der Waals surface area contributed by atoms with Gasteiger partial charge in [0.15, 0.2) is 17.3 Å². The first-order valence-electron chi connectivity index (χ1n) is 11.1. The maximum absolute atomic E-state index is 13.4. The zero-order chi connectivity index (χ0) is 22.6. The molecule has 0 N–H and O–H groups in total.